The van der Waals surface area contributed by atoms with Gasteiger partial charge in [0.15, 0.2) is 0 Å². The molecule has 3 aromatic rings. The van der Waals surface area contributed by atoms with Gasteiger partial charge in [0, 0.05) is 5.56 Å². The molecule has 0 aromatic heterocycles. The number of hydrogen-bond acceptors (Lipinski definition) is 2. The molecule has 3 rings (SSSR count). The zero-order valence-corrected chi connectivity index (χ0v) is 14.8. The van der Waals surface area contributed by atoms with Crippen LogP contribution < -0.4 is 4.72 Å². The molecule has 3 nitrogen and oxygen atoms in total. The van der Waals surface area contributed by atoms with E-state index in [0.717, 1.165) is 11.1 Å². The van der Waals surface area contributed by atoms with Gasteiger partial charge in [0.1, 0.15) is 5.82 Å². The van der Waals surface area contributed by atoms with Crippen molar-refractivity contribution in [1.82, 2.24) is 0 Å². The largest absolute Gasteiger partial charge is 0.279 e. The van der Waals surface area contributed by atoms with Crippen LogP contribution in [0.4, 0.5) is 10.1 Å². The Morgan fingerprint density at radius 1 is 0.840 bits per heavy atom. The summed E-state index contributed by atoms with van der Waals surface area (Å²) < 4.78 is 41.6. The van der Waals surface area contributed by atoms with Crippen molar-refractivity contribution in [3.8, 4) is 11.1 Å². The van der Waals surface area contributed by atoms with E-state index in [0.29, 0.717) is 16.8 Å². The molecule has 0 aliphatic carbocycles. The van der Waals surface area contributed by atoms with Crippen LogP contribution in [0.15, 0.2) is 71.6 Å². The predicted octanol–water partition coefficient (Wildman–Crippen LogP) is 4.91. The molecule has 128 valence electrons. The van der Waals surface area contributed by atoms with E-state index >= 15 is 0 Å². The van der Waals surface area contributed by atoms with Crippen LogP contribution in [-0.2, 0) is 10.0 Å². The van der Waals surface area contributed by atoms with Crippen molar-refractivity contribution in [3.63, 3.8) is 0 Å². The number of nitrogens with one attached hydrogen (secondary N) is 1. The van der Waals surface area contributed by atoms with E-state index in [9.17, 15) is 12.8 Å². The SMILES string of the molecule is Cc1ccc(S(=O)(=O)Nc2ccccc2-c2cc(F)ccc2C)cc1. The molecular formula is C20H18FNO2S. The highest BCUT2D eigenvalue weighted by Crippen LogP contribution is 2.32. The standard InChI is InChI=1S/C20H18FNO2S/c1-14-7-11-17(12-8-14)25(23,24)22-20-6-4-3-5-18(20)19-13-16(21)10-9-15(19)2/h3-13,22H,1-2H3. The fourth-order valence-corrected chi connectivity index (χ4v) is 3.69. The van der Waals surface area contributed by atoms with Gasteiger partial charge in [0.05, 0.1) is 10.6 Å². The maximum absolute atomic E-state index is 13.7. The van der Waals surface area contributed by atoms with Gasteiger partial charge in [-0.05, 0) is 55.3 Å². The number of benzene rings is 3. The Balaban J connectivity index is 2.04. The molecule has 0 atom stereocenters. The van der Waals surface area contributed by atoms with E-state index in [1.165, 1.54) is 12.1 Å². The van der Waals surface area contributed by atoms with Crippen LogP contribution in [0, 0.1) is 19.7 Å². The zero-order chi connectivity index (χ0) is 18.0. The second-order valence-electron chi connectivity index (χ2n) is 5.92. The van der Waals surface area contributed by atoms with E-state index in [1.807, 2.05) is 13.8 Å². The summed E-state index contributed by atoms with van der Waals surface area (Å²) in [5.74, 6) is -0.364. The highest BCUT2D eigenvalue weighted by atomic mass is 32.2. The molecule has 0 fully saturated rings. The van der Waals surface area contributed by atoms with Crippen molar-refractivity contribution in [1.29, 1.82) is 0 Å². The number of aryl methyl sites for hydroxylation is 2. The lowest BCUT2D eigenvalue weighted by molar-refractivity contribution is 0.601. The van der Waals surface area contributed by atoms with Crippen LogP contribution in [0.1, 0.15) is 11.1 Å². The number of rotatable bonds is 4. The first kappa shape index (κ1) is 17.2. The lowest BCUT2D eigenvalue weighted by Crippen LogP contribution is -2.13. The van der Waals surface area contributed by atoms with E-state index in [2.05, 4.69) is 4.72 Å². The van der Waals surface area contributed by atoms with E-state index < -0.39 is 10.0 Å². The van der Waals surface area contributed by atoms with Crippen LogP contribution in [0.5, 0.6) is 0 Å². The van der Waals surface area contributed by atoms with E-state index in [-0.39, 0.29) is 10.7 Å². The highest BCUT2D eigenvalue weighted by Gasteiger charge is 2.17. The lowest BCUT2D eigenvalue weighted by Gasteiger charge is -2.14. The molecule has 0 amide bonds. The Morgan fingerprint density at radius 3 is 2.24 bits per heavy atom. The Hall–Kier alpha value is -2.66. The van der Waals surface area contributed by atoms with E-state index in [1.54, 1.807) is 54.6 Å². The molecule has 25 heavy (non-hydrogen) atoms. The molecule has 0 radical (unpaired) electrons. The summed E-state index contributed by atoms with van der Waals surface area (Å²) in [4.78, 5) is 0.184. The van der Waals surface area contributed by atoms with Crippen LogP contribution in [0.3, 0.4) is 0 Å². The average molecular weight is 355 g/mol. The number of sulfonamides is 1. The Labute approximate surface area is 147 Å². The minimum atomic E-state index is -3.73. The Kier molecular flexibility index (Phi) is 4.59. The first-order chi connectivity index (χ1) is 11.9. The number of anilines is 1. The fourth-order valence-electron chi connectivity index (χ4n) is 2.61. The lowest BCUT2D eigenvalue weighted by atomic mass is 9.99. The second-order valence-corrected chi connectivity index (χ2v) is 7.61. The summed E-state index contributed by atoms with van der Waals surface area (Å²) in [5, 5.41) is 0. The van der Waals surface area contributed by atoms with Crippen molar-refractivity contribution in [3.05, 3.63) is 83.7 Å². The summed E-state index contributed by atoms with van der Waals surface area (Å²) in [5.41, 5.74) is 3.55. The third-order valence-corrected chi connectivity index (χ3v) is 5.37. The molecule has 1 N–H and O–H groups in total. The van der Waals surface area contributed by atoms with E-state index in [4.69, 9.17) is 0 Å². The topological polar surface area (TPSA) is 46.2 Å². The first-order valence-electron chi connectivity index (χ1n) is 7.82. The predicted molar refractivity (Wildman–Crippen MR) is 98.6 cm³/mol. The van der Waals surface area contributed by atoms with Crippen molar-refractivity contribution < 1.29 is 12.8 Å². The van der Waals surface area contributed by atoms with Gasteiger partial charge in [-0.1, -0.05) is 42.0 Å². The second kappa shape index (κ2) is 6.69. The summed E-state index contributed by atoms with van der Waals surface area (Å²) in [6.45, 7) is 3.76. The Bertz CT molecular complexity index is 1010. The number of halogens is 1. The molecule has 0 bridgehead atoms. The fraction of sp³-hybridized carbons (Fsp3) is 0.100. The molecule has 0 saturated carbocycles. The summed E-state index contributed by atoms with van der Waals surface area (Å²) in [7, 11) is -3.73. The molecule has 0 spiro atoms. The van der Waals surface area contributed by atoms with Gasteiger partial charge in [-0.2, -0.15) is 0 Å². The Morgan fingerprint density at radius 2 is 1.52 bits per heavy atom. The minimum Gasteiger partial charge on any atom is -0.279 e. The van der Waals surface area contributed by atoms with Gasteiger partial charge in [0.2, 0.25) is 0 Å². The van der Waals surface area contributed by atoms with Crippen molar-refractivity contribution in [2.24, 2.45) is 0 Å². The molecule has 0 heterocycles. The highest BCUT2D eigenvalue weighted by molar-refractivity contribution is 7.92. The third-order valence-electron chi connectivity index (χ3n) is 3.99. The molecule has 5 heteroatoms. The molecule has 0 aliphatic heterocycles. The van der Waals surface area contributed by atoms with Crippen LogP contribution >= 0.6 is 0 Å². The average Bonchev–Trinajstić information content (AvgIpc) is 2.58. The van der Waals surface area contributed by atoms with Crippen LogP contribution in [-0.4, -0.2) is 8.42 Å². The third kappa shape index (κ3) is 3.72. The van der Waals surface area contributed by atoms with Crippen molar-refractivity contribution >= 4 is 15.7 Å². The van der Waals surface area contributed by atoms with Gasteiger partial charge in [0.25, 0.3) is 10.0 Å². The maximum Gasteiger partial charge on any atom is 0.261 e. The molecule has 3 aromatic carbocycles. The van der Waals surface area contributed by atoms with Crippen molar-refractivity contribution in [2.75, 3.05) is 4.72 Å². The van der Waals surface area contributed by atoms with Gasteiger partial charge in [-0.25, -0.2) is 12.8 Å². The quantitative estimate of drug-likeness (QED) is 0.723. The van der Waals surface area contributed by atoms with Gasteiger partial charge in [-0.15, -0.1) is 0 Å². The summed E-state index contributed by atoms with van der Waals surface area (Å²) in [6.07, 6.45) is 0. The van der Waals surface area contributed by atoms with Crippen LogP contribution in [0.2, 0.25) is 0 Å². The smallest absolute Gasteiger partial charge is 0.261 e. The summed E-state index contributed by atoms with van der Waals surface area (Å²) in [6, 6.07) is 18.1. The minimum absolute atomic E-state index is 0.184. The number of hydrogen-bond donors (Lipinski definition) is 1. The monoisotopic (exact) mass is 355 g/mol. The van der Waals surface area contributed by atoms with Gasteiger partial charge in [-0.3, -0.25) is 4.72 Å². The van der Waals surface area contributed by atoms with Crippen molar-refractivity contribution in [2.45, 2.75) is 18.7 Å². The van der Waals surface area contributed by atoms with Gasteiger partial charge >= 0.3 is 0 Å². The molecule has 0 aliphatic rings. The zero-order valence-electron chi connectivity index (χ0n) is 14.0. The summed E-state index contributed by atoms with van der Waals surface area (Å²) >= 11 is 0. The number of para-hydroxylation sites is 1. The maximum atomic E-state index is 13.7. The normalized spacial score (nSPS) is 11.3. The first-order valence-corrected chi connectivity index (χ1v) is 9.30. The van der Waals surface area contributed by atoms with Gasteiger partial charge < -0.3 is 0 Å². The molecule has 0 unspecified atom stereocenters. The van der Waals surface area contributed by atoms with Crippen LogP contribution in [0.25, 0.3) is 11.1 Å². The molecular weight excluding hydrogens is 337 g/mol. The molecule has 0 saturated heterocycles.